The van der Waals surface area contributed by atoms with Crippen molar-refractivity contribution in [1.29, 1.82) is 0 Å². The Kier molecular flexibility index (Phi) is 30.8. The molecule has 0 bridgehead atoms. The number of pyridine rings is 2. The lowest BCUT2D eigenvalue weighted by atomic mass is 10.2. The van der Waals surface area contributed by atoms with E-state index in [9.17, 15) is 9.59 Å². The van der Waals surface area contributed by atoms with Gasteiger partial charge in [0.25, 0.3) is 5.91 Å². The molecule has 0 spiro atoms. The number of fused-ring (bicyclic) bond motifs is 4. The van der Waals surface area contributed by atoms with Crippen LogP contribution in [0.2, 0.25) is 0 Å². The third kappa shape index (κ3) is 27.7. The highest BCUT2D eigenvalue weighted by Gasteiger charge is 2.11. The lowest BCUT2D eigenvalue weighted by Gasteiger charge is -1.98. The van der Waals surface area contributed by atoms with Crippen molar-refractivity contribution in [2.45, 2.75) is 27.2 Å². The second-order valence-electron chi connectivity index (χ2n) is 19.4. The van der Waals surface area contributed by atoms with Gasteiger partial charge >= 0.3 is 0 Å². The summed E-state index contributed by atoms with van der Waals surface area (Å²) in [5, 5.41) is 63.2. The van der Waals surface area contributed by atoms with Crippen LogP contribution in [-0.4, -0.2) is 168 Å². The van der Waals surface area contributed by atoms with E-state index in [1.807, 2.05) is 124 Å². The number of tetrazole rings is 2. The van der Waals surface area contributed by atoms with E-state index in [0.29, 0.717) is 6.42 Å². The van der Waals surface area contributed by atoms with Gasteiger partial charge in [-0.2, -0.15) is 40.2 Å². The zero-order valence-electron chi connectivity index (χ0n) is 53.9. The zero-order valence-corrected chi connectivity index (χ0v) is 53.9. The van der Waals surface area contributed by atoms with Crippen LogP contribution in [0.3, 0.4) is 0 Å². The van der Waals surface area contributed by atoms with E-state index in [-0.39, 0.29) is 18.4 Å². The third-order valence-electron chi connectivity index (χ3n) is 11.9. The van der Waals surface area contributed by atoms with Crippen LogP contribution in [0.25, 0.3) is 43.7 Å². The summed E-state index contributed by atoms with van der Waals surface area (Å²) < 4.78 is 9.17. The number of para-hydroxylation sites is 5. The summed E-state index contributed by atoms with van der Waals surface area (Å²) in [6.07, 6.45) is 26.0. The highest BCUT2D eigenvalue weighted by molar-refractivity contribution is 5.93. The highest BCUT2D eigenvalue weighted by Crippen LogP contribution is 2.14. The fourth-order valence-corrected chi connectivity index (χ4v) is 7.06. The third-order valence-corrected chi connectivity index (χ3v) is 11.9. The normalized spacial score (nSPS) is 11.1. The summed E-state index contributed by atoms with van der Waals surface area (Å²) in [7, 11) is 16.3. The van der Waals surface area contributed by atoms with E-state index < -0.39 is 0 Å². The van der Waals surface area contributed by atoms with Gasteiger partial charge in [0.2, 0.25) is 5.91 Å². The fraction of sp³-hybridized carbons (Fsp3) is 0.226. The second kappa shape index (κ2) is 40.2. The van der Waals surface area contributed by atoms with Gasteiger partial charge < -0.3 is 9.13 Å². The van der Waals surface area contributed by atoms with Crippen LogP contribution in [0.15, 0.2) is 224 Å². The first-order chi connectivity index (χ1) is 45.0. The number of aromatic nitrogens is 24. The number of hydrazone groups is 1. The lowest BCUT2D eigenvalue weighted by molar-refractivity contribution is -0.127. The number of carbonyl (C=O) groups is 2. The Hall–Kier alpha value is -12.4. The number of imidazole rings is 1. The van der Waals surface area contributed by atoms with Crippen LogP contribution >= 0.6 is 0 Å². The molecule has 4 aromatic carbocycles. The van der Waals surface area contributed by atoms with Crippen molar-refractivity contribution in [2.24, 2.45) is 64.8 Å². The average molecular weight is 1260 g/mol. The topological polar surface area (TPSA) is 331 Å². The molecule has 0 N–H and O–H groups in total. The first kappa shape index (κ1) is 71.3. The van der Waals surface area contributed by atoms with Crippen LogP contribution in [0.5, 0.6) is 0 Å². The Bertz CT molecular complexity index is 3950. The number of benzene rings is 4. The Balaban J connectivity index is 0.000000185. The number of rotatable bonds is 0. The van der Waals surface area contributed by atoms with E-state index in [4.69, 9.17) is 0 Å². The summed E-state index contributed by atoms with van der Waals surface area (Å²) in [5.74, 6) is 0.0278. The predicted molar refractivity (Wildman–Crippen MR) is 352 cm³/mol. The molecule has 0 fully saturated rings. The van der Waals surface area contributed by atoms with Gasteiger partial charge in [-0.15, -0.1) is 25.5 Å². The van der Waals surface area contributed by atoms with Gasteiger partial charge in [-0.3, -0.25) is 28.9 Å². The minimum atomic E-state index is -0.0417. The van der Waals surface area contributed by atoms with E-state index >= 15 is 0 Å². The van der Waals surface area contributed by atoms with Gasteiger partial charge in [0.05, 0.1) is 78.5 Å². The molecule has 0 saturated heterocycles. The molecule has 31 heteroatoms. The maximum atomic E-state index is 10.4. The van der Waals surface area contributed by atoms with Crippen LogP contribution in [0.1, 0.15) is 23.2 Å². The van der Waals surface area contributed by atoms with Crippen LogP contribution < -0.4 is 0 Å². The smallest absolute Gasteiger partial charge is 0.267 e. The van der Waals surface area contributed by atoms with Crippen molar-refractivity contribution < 1.29 is 9.59 Å². The molecule has 0 aliphatic carbocycles. The first-order valence-electron chi connectivity index (χ1n) is 28.3. The van der Waals surface area contributed by atoms with Crippen molar-refractivity contribution in [2.75, 3.05) is 20.6 Å². The predicted octanol–water partition coefficient (Wildman–Crippen LogP) is 7.15. The summed E-state index contributed by atoms with van der Waals surface area (Å²) in [5.41, 5.74) is 9.16. The number of nitrogens with zero attached hydrogens (tertiary/aromatic N) is 29. The maximum absolute atomic E-state index is 10.4. The maximum Gasteiger partial charge on any atom is 0.267 e. The summed E-state index contributed by atoms with van der Waals surface area (Å²) in [6.45, 7) is 6.19. The van der Waals surface area contributed by atoms with E-state index in [1.165, 1.54) is 87.1 Å². The number of carbonyl (C=O) groups excluding carboxylic acids is 2. The standard InChI is InChI=1S/C10H9N.C9H9N.2C8H8N2.C6H7N.C4H5N3.C4H6N2O.C3H5N3O.2C3H5N3.2C2H4N4/c1-8-6-9-4-2-3-5-10(9)11-7-8;1-10-7-6-8-4-2-3-5-9(8)10;1-10-6-9-7-4-2-3-5-8(7)10;1-10-8-5-3-2-4-7(8)6-9-10;1-6-2-4-7-5-3-6;1-4-2-6-7-3-5-4;1-6-4(7)2-3-5-6;1-6-3(7)2-4-5-6;1-6-3-2-4-5-6;1-6-4-2-3-5-6;1-6-2-3-4-5-6;1-6-4-2-3-5-6/h2-7H,1H3;2-7H,1H3;2*2-6H,1H3;2-5H,1H3;2-3H,1H3;3H,2H2,1H3;2H2,1H3;2*2-3H,1H3;2*2H,1H3. The van der Waals surface area contributed by atoms with Crippen LogP contribution in [-0.2, 0) is 58.9 Å². The molecule has 0 saturated carbocycles. The molecule has 2 aliphatic rings. The van der Waals surface area contributed by atoms with Crippen molar-refractivity contribution >= 4 is 61.8 Å². The molecular weight excluding hydrogens is 1180 g/mol. The number of hydrogen-bond donors (Lipinski definition) is 0. The molecule has 93 heavy (non-hydrogen) atoms. The molecule has 480 valence electrons. The van der Waals surface area contributed by atoms with Crippen molar-refractivity contribution in [1.82, 2.24) is 129 Å². The van der Waals surface area contributed by atoms with Crippen LogP contribution in [0, 0.1) is 20.8 Å². The Labute approximate surface area is 536 Å². The molecule has 0 radical (unpaired) electrons. The fourth-order valence-electron chi connectivity index (χ4n) is 7.06. The average Bonchev–Trinajstić information content (AvgIpc) is 3.50. The monoisotopic (exact) mass is 1260 g/mol. The highest BCUT2D eigenvalue weighted by atomic mass is 16.2. The van der Waals surface area contributed by atoms with Gasteiger partial charge in [0, 0.05) is 110 Å². The minimum absolute atomic E-state index is 0.0417. The molecule has 2 aliphatic heterocycles. The van der Waals surface area contributed by atoms with Gasteiger partial charge in [-0.25, -0.2) is 24.7 Å². The molecule has 14 aromatic rings. The van der Waals surface area contributed by atoms with Crippen molar-refractivity contribution in [3.8, 4) is 0 Å². The summed E-state index contributed by atoms with van der Waals surface area (Å²) in [4.78, 5) is 39.7. The minimum Gasteiger partial charge on any atom is -0.351 e. The zero-order chi connectivity index (χ0) is 67.0. The van der Waals surface area contributed by atoms with Gasteiger partial charge in [0.15, 0.2) is 6.33 Å². The summed E-state index contributed by atoms with van der Waals surface area (Å²) >= 11 is 0. The number of likely N-dealkylation sites (N-methyl/N-ethyl adjacent to an activating group) is 1. The Morgan fingerprint density at radius 1 is 0.441 bits per heavy atom. The molecule has 12 heterocycles. The van der Waals surface area contributed by atoms with Crippen molar-refractivity contribution in [3.63, 3.8) is 0 Å². The Morgan fingerprint density at radius 2 is 1.12 bits per heavy atom. The van der Waals surface area contributed by atoms with Crippen LogP contribution in [0.4, 0.5) is 0 Å². The van der Waals surface area contributed by atoms with E-state index in [1.54, 1.807) is 89.5 Å². The quantitative estimate of drug-likeness (QED) is 0.145. The molecule has 31 nitrogen and oxygen atoms in total. The van der Waals surface area contributed by atoms with E-state index in [0.717, 1.165) is 16.7 Å². The summed E-state index contributed by atoms with van der Waals surface area (Å²) in [6, 6.07) is 40.9. The van der Waals surface area contributed by atoms with Gasteiger partial charge in [-0.05, 0) is 108 Å². The number of hydrogen-bond acceptors (Lipinski definition) is 22. The number of amides is 2. The van der Waals surface area contributed by atoms with Gasteiger partial charge in [0.1, 0.15) is 19.2 Å². The molecular formula is C62H75N29O2. The SMILES string of the molecule is CN1N=CCC1=O.CN1N=NCC1=O.Cc1ccncc1.Cc1cnc2ccccc2c1.Cc1cnncn1.Cn1ccc2ccccc21.Cn1ccnn1.Cn1cnc2ccccc21.Cn1cnnn1.Cn1ncc2ccccc21.Cn1nccn1.Cn1ncnn1. The molecule has 0 atom stereocenters. The second-order valence-corrected chi connectivity index (χ2v) is 19.4. The molecule has 0 unspecified atom stereocenters. The molecule has 2 amide bonds. The molecule has 10 aromatic heterocycles. The van der Waals surface area contributed by atoms with Gasteiger partial charge in [-0.1, -0.05) is 77.2 Å². The number of aryl methyl sites for hydroxylation is 10. The Morgan fingerprint density at radius 3 is 1.54 bits per heavy atom. The van der Waals surface area contributed by atoms with Crippen molar-refractivity contribution in [3.05, 3.63) is 225 Å². The first-order valence-corrected chi connectivity index (χ1v) is 28.3. The molecule has 16 rings (SSSR count). The van der Waals surface area contributed by atoms with E-state index in [2.05, 4.69) is 188 Å². The largest absolute Gasteiger partial charge is 0.351 e. The lowest BCUT2D eigenvalue weighted by Crippen LogP contribution is -2.16.